The Labute approximate surface area is 142 Å². The molecule has 1 heterocycles. The van der Waals surface area contributed by atoms with Crippen LogP contribution in [-0.4, -0.2) is 74.7 Å². The first kappa shape index (κ1) is 18.2. The molecular formula is C17H25N3O4. The van der Waals surface area contributed by atoms with E-state index in [9.17, 15) is 9.59 Å². The van der Waals surface area contributed by atoms with E-state index in [1.165, 1.54) is 4.90 Å². The van der Waals surface area contributed by atoms with Crippen LogP contribution in [0.2, 0.25) is 0 Å². The Morgan fingerprint density at radius 1 is 1.42 bits per heavy atom. The molecular weight excluding hydrogens is 310 g/mol. The van der Waals surface area contributed by atoms with E-state index < -0.39 is 6.10 Å². The Bertz CT molecular complexity index is 577. The van der Waals surface area contributed by atoms with Crippen LogP contribution < -0.4 is 10.5 Å². The highest BCUT2D eigenvalue weighted by Gasteiger charge is 2.30. The quantitative estimate of drug-likeness (QED) is 0.784. The Morgan fingerprint density at radius 3 is 2.92 bits per heavy atom. The SMILES string of the molecule is CN(C)C(=O)[C@H]1CN(C(=O)Cc2cccc(OCCN)c2)CCO1. The lowest BCUT2D eigenvalue weighted by atomic mass is 10.1. The first-order valence-electron chi connectivity index (χ1n) is 8.03. The van der Waals surface area contributed by atoms with Crippen molar-refractivity contribution in [3.63, 3.8) is 0 Å². The van der Waals surface area contributed by atoms with Crippen molar-refractivity contribution in [1.29, 1.82) is 0 Å². The van der Waals surface area contributed by atoms with Gasteiger partial charge in [0, 0.05) is 27.2 Å². The summed E-state index contributed by atoms with van der Waals surface area (Å²) < 4.78 is 11.0. The Balaban J connectivity index is 1.95. The Morgan fingerprint density at radius 2 is 2.21 bits per heavy atom. The average Bonchev–Trinajstić information content (AvgIpc) is 2.59. The fourth-order valence-corrected chi connectivity index (χ4v) is 2.52. The summed E-state index contributed by atoms with van der Waals surface area (Å²) in [5, 5.41) is 0. The van der Waals surface area contributed by atoms with E-state index in [-0.39, 0.29) is 18.2 Å². The molecule has 132 valence electrons. The van der Waals surface area contributed by atoms with Gasteiger partial charge in [0.05, 0.1) is 19.6 Å². The summed E-state index contributed by atoms with van der Waals surface area (Å²) in [5.41, 5.74) is 6.29. The van der Waals surface area contributed by atoms with Crippen molar-refractivity contribution < 1.29 is 19.1 Å². The molecule has 2 N–H and O–H groups in total. The molecule has 0 radical (unpaired) electrons. The molecule has 1 aromatic carbocycles. The van der Waals surface area contributed by atoms with Crippen molar-refractivity contribution in [3.05, 3.63) is 29.8 Å². The van der Waals surface area contributed by atoms with E-state index >= 15 is 0 Å². The molecule has 2 amide bonds. The lowest BCUT2D eigenvalue weighted by molar-refractivity contribution is -0.152. The van der Waals surface area contributed by atoms with Crippen molar-refractivity contribution in [2.24, 2.45) is 5.73 Å². The van der Waals surface area contributed by atoms with E-state index in [1.807, 2.05) is 24.3 Å². The number of nitrogens with zero attached hydrogens (tertiary/aromatic N) is 2. The average molecular weight is 335 g/mol. The highest BCUT2D eigenvalue weighted by molar-refractivity contribution is 5.83. The molecule has 0 spiro atoms. The zero-order chi connectivity index (χ0) is 17.5. The third-order valence-electron chi connectivity index (χ3n) is 3.78. The number of ether oxygens (including phenoxy) is 2. The summed E-state index contributed by atoms with van der Waals surface area (Å²) >= 11 is 0. The van der Waals surface area contributed by atoms with Crippen molar-refractivity contribution in [1.82, 2.24) is 9.80 Å². The molecule has 0 aliphatic carbocycles. The highest BCUT2D eigenvalue weighted by atomic mass is 16.5. The lowest BCUT2D eigenvalue weighted by Crippen LogP contribution is -2.51. The van der Waals surface area contributed by atoms with Gasteiger partial charge in [-0.15, -0.1) is 0 Å². The molecule has 1 fully saturated rings. The van der Waals surface area contributed by atoms with Crippen LogP contribution in [0.4, 0.5) is 0 Å². The minimum Gasteiger partial charge on any atom is -0.492 e. The molecule has 1 aliphatic rings. The van der Waals surface area contributed by atoms with Crippen molar-refractivity contribution in [2.45, 2.75) is 12.5 Å². The maximum atomic E-state index is 12.5. The van der Waals surface area contributed by atoms with E-state index in [2.05, 4.69) is 0 Å². The van der Waals surface area contributed by atoms with Gasteiger partial charge in [0.2, 0.25) is 5.91 Å². The molecule has 1 aliphatic heterocycles. The van der Waals surface area contributed by atoms with Crippen LogP contribution in [0.1, 0.15) is 5.56 Å². The minimum atomic E-state index is -0.586. The van der Waals surface area contributed by atoms with Crippen LogP contribution in [0, 0.1) is 0 Å². The summed E-state index contributed by atoms with van der Waals surface area (Å²) in [6.07, 6.45) is -0.320. The number of carbonyl (C=O) groups is 2. The van der Waals surface area contributed by atoms with Gasteiger partial charge in [-0.05, 0) is 17.7 Å². The molecule has 24 heavy (non-hydrogen) atoms. The van der Waals surface area contributed by atoms with Gasteiger partial charge in [-0.25, -0.2) is 0 Å². The van der Waals surface area contributed by atoms with Crippen molar-refractivity contribution in [3.8, 4) is 5.75 Å². The number of benzene rings is 1. The van der Waals surface area contributed by atoms with Gasteiger partial charge in [-0.2, -0.15) is 0 Å². The molecule has 0 aromatic heterocycles. The third kappa shape index (κ3) is 4.94. The molecule has 1 aromatic rings. The summed E-state index contributed by atoms with van der Waals surface area (Å²) in [6, 6.07) is 7.42. The predicted octanol–water partition coefficient (Wildman–Crippen LogP) is -0.118. The number of rotatable bonds is 6. The molecule has 7 heteroatoms. The standard InChI is InChI=1S/C17H25N3O4/c1-19(2)17(22)15-12-20(7-9-24-15)16(21)11-13-4-3-5-14(10-13)23-8-6-18/h3-5,10,15H,6-9,11-12,18H2,1-2H3/t15-/m1/s1. The maximum absolute atomic E-state index is 12.5. The smallest absolute Gasteiger partial charge is 0.253 e. The van der Waals surface area contributed by atoms with Gasteiger partial charge in [0.25, 0.3) is 5.91 Å². The van der Waals surface area contributed by atoms with Crippen molar-refractivity contribution >= 4 is 11.8 Å². The first-order chi connectivity index (χ1) is 11.5. The van der Waals surface area contributed by atoms with Crippen LogP contribution in [-0.2, 0) is 20.7 Å². The Kier molecular flexibility index (Phi) is 6.57. The van der Waals surface area contributed by atoms with E-state index in [1.54, 1.807) is 19.0 Å². The summed E-state index contributed by atoms with van der Waals surface area (Å²) in [5.74, 6) is 0.559. The topological polar surface area (TPSA) is 85.1 Å². The molecule has 0 saturated carbocycles. The molecule has 1 atom stereocenters. The molecule has 0 bridgehead atoms. The van der Waals surface area contributed by atoms with E-state index in [0.29, 0.717) is 38.6 Å². The fraction of sp³-hybridized carbons (Fsp3) is 0.529. The number of likely N-dealkylation sites (N-methyl/N-ethyl adjacent to an activating group) is 1. The van der Waals surface area contributed by atoms with E-state index in [4.69, 9.17) is 15.2 Å². The van der Waals surface area contributed by atoms with Gasteiger partial charge in [-0.3, -0.25) is 9.59 Å². The monoisotopic (exact) mass is 335 g/mol. The number of carbonyl (C=O) groups excluding carboxylic acids is 2. The van der Waals surface area contributed by atoms with Crippen LogP contribution in [0.25, 0.3) is 0 Å². The minimum absolute atomic E-state index is 0.0224. The second-order valence-electron chi connectivity index (χ2n) is 5.89. The number of morpholine rings is 1. The zero-order valence-electron chi connectivity index (χ0n) is 14.2. The second-order valence-corrected chi connectivity index (χ2v) is 5.89. The predicted molar refractivity (Wildman–Crippen MR) is 89.7 cm³/mol. The molecule has 0 unspecified atom stereocenters. The lowest BCUT2D eigenvalue weighted by Gasteiger charge is -2.33. The van der Waals surface area contributed by atoms with Gasteiger partial charge < -0.3 is 25.0 Å². The molecule has 7 nitrogen and oxygen atoms in total. The van der Waals surface area contributed by atoms with Gasteiger partial charge in [0.1, 0.15) is 12.4 Å². The number of hydrogen-bond acceptors (Lipinski definition) is 5. The second kappa shape index (κ2) is 8.65. The normalized spacial score (nSPS) is 17.5. The number of hydrogen-bond donors (Lipinski definition) is 1. The van der Waals surface area contributed by atoms with Crippen LogP contribution >= 0.6 is 0 Å². The zero-order valence-corrected chi connectivity index (χ0v) is 14.2. The molecule has 1 saturated heterocycles. The largest absolute Gasteiger partial charge is 0.492 e. The first-order valence-corrected chi connectivity index (χ1v) is 8.03. The summed E-state index contributed by atoms with van der Waals surface area (Å²) in [4.78, 5) is 27.7. The number of nitrogens with two attached hydrogens (primary N) is 1. The van der Waals surface area contributed by atoms with Gasteiger partial charge in [-0.1, -0.05) is 12.1 Å². The third-order valence-corrected chi connectivity index (χ3v) is 3.78. The fourth-order valence-electron chi connectivity index (χ4n) is 2.52. The van der Waals surface area contributed by atoms with Gasteiger partial charge >= 0.3 is 0 Å². The summed E-state index contributed by atoms with van der Waals surface area (Å²) in [6.45, 7) is 2.04. The van der Waals surface area contributed by atoms with Crippen LogP contribution in [0.15, 0.2) is 24.3 Å². The van der Waals surface area contributed by atoms with Gasteiger partial charge in [0.15, 0.2) is 6.10 Å². The molecule has 2 rings (SSSR count). The van der Waals surface area contributed by atoms with E-state index in [0.717, 1.165) is 5.56 Å². The number of amides is 2. The van der Waals surface area contributed by atoms with Crippen LogP contribution in [0.5, 0.6) is 5.75 Å². The Hall–Kier alpha value is -2.12. The van der Waals surface area contributed by atoms with Crippen LogP contribution in [0.3, 0.4) is 0 Å². The summed E-state index contributed by atoms with van der Waals surface area (Å²) in [7, 11) is 3.36. The highest BCUT2D eigenvalue weighted by Crippen LogP contribution is 2.15. The maximum Gasteiger partial charge on any atom is 0.253 e. The van der Waals surface area contributed by atoms with Crippen molar-refractivity contribution in [2.75, 3.05) is 46.9 Å².